The number of anilines is 1. The zero-order valence-corrected chi connectivity index (χ0v) is 15.2. The van der Waals surface area contributed by atoms with Crippen LogP contribution in [-0.2, 0) is 6.54 Å². The van der Waals surface area contributed by atoms with Crippen molar-refractivity contribution >= 4 is 17.5 Å². The largest absolute Gasteiger partial charge is 0.348 e. The predicted molar refractivity (Wildman–Crippen MR) is 104 cm³/mol. The number of nitrogens with zero attached hydrogens (tertiary/aromatic N) is 2. The van der Waals surface area contributed by atoms with Crippen molar-refractivity contribution in [3.8, 4) is 0 Å². The van der Waals surface area contributed by atoms with Gasteiger partial charge in [-0.05, 0) is 31.5 Å². The molecular weight excluding hydrogens is 340 g/mol. The summed E-state index contributed by atoms with van der Waals surface area (Å²) in [5.74, 6) is -0.678. The normalized spacial score (nSPS) is 10.3. The number of amides is 2. The Kier molecular flexibility index (Phi) is 5.56. The van der Waals surface area contributed by atoms with Crippen molar-refractivity contribution in [3.63, 3.8) is 0 Å². The van der Waals surface area contributed by atoms with Gasteiger partial charge in [0.2, 0.25) is 0 Å². The fourth-order valence-corrected chi connectivity index (χ4v) is 2.47. The molecule has 0 spiro atoms. The summed E-state index contributed by atoms with van der Waals surface area (Å²) in [6.07, 6.45) is 2.93. The number of nitrogens with one attached hydrogen (secondary N) is 2. The SMILES string of the molecule is Cc1ccc(CNC(=O)c2ccccc2NC(=O)c2cnc(C)cn2)cc1. The van der Waals surface area contributed by atoms with Gasteiger partial charge in [0.05, 0.1) is 23.1 Å². The lowest BCUT2D eigenvalue weighted by atomic mass is 10.1. The van der Waals surface area contributed by atoms with E-state index in [2.05, 4.69) is 20.6 Å². The van der Waals surface area contributed by atoms with E-state index < -0.39 is 5.91 Å². The summed E-state index contributed by atoms with van der Waals surface area (Å²) in [5.41, 5.74) is 3.89. The van der Waals surface area contributed by atoms with Crippen LogP contribution in [0.15, 0.2) is 60.9 Å². The number of hydrogen-bond acceptors (Lipinski definition) is 4. The van der Waals surface area contributed by atoms with Crippen molar-refractivity contribution in [2.75, 3.05) is 5.32 Å². The molecule has 1 heterocycles. The standard InChI is InChI=1S/C21H20N4O2/c1-14-7-9-16(10-8-14)12-24-20(26)17-5-3-4-6-18(17)25-21(27)19-13-22-15(2)11-23-19/h3-11,13H,12H2,1-2H3,(H,24,26)(H,25,27). The number of carbonyl (C=O) groups excluding carboxylic acids is 2. The van der Waals surface area contributed by atoms with Crippen LogP contribution in [-0.4, -0.2) is 21.8 Å². The smallest absolute Gasteiger partial charge is 0.275 e. The topological polar surface area (TPSA) is 84.0 Å². The number of benzene rings is 2. The molecule has 0 atom stereocenters. The van der Waals surface area contributed by atoms with E-state index in [1.54, 1.807) is 31.2 Å². The Morgan fingerprint density at radius 3 is 2.33 bits per heavy atom. The van der Waals surface area contributed by atoms with Gasteiger partial charge >= 0.3 is 0 Å². The van der Waals surface area contributed by atoms with Crippen LogP contribution in [0.25, 0.3) is 0 Å². The average Bonchev–Trinajstić information content (AvgIpc) is 2.68. The maximum atomic E-state index is 12.6. The lowest BCUT2D eigenvalue weighted by Gasteiger charge is -2.11. The third-order valence-corrected chi connectivity index (χ3v) is 4.01. The Hall–Kier alpha value is -3.54. The molecule has 0 saturated carbocycles. The van der Waals surface area contributed by atoms with Crippen LogP contribution < -0.4 is 10.6 Å². The Bertz CT molecular complexity index is 951. The van der Waals surface area contributed by atoms with Gasteiger partial charge in [-0.15, -0.1) is 0 Å². The van der Waals surface area contributed by atoms with Gasteiger partial charge in [-0.3, -0.25) is 14.6 Å². The van der Waals surface area contributed by atoms with Gasteiger partial charge in [0.15, 0.2) is 0 Å². The molecule has 0 fully saturated rings. The van der Waals surface area contributed by atoms with Crippen LogP contribution in [0.2, 0.25) is 0 Å². The second kappa shape index (κ2) is 8.23. The van der Waals surface area contributed by atoms with Crippen LogP contribution in [0.3, 0.4) is 0 Å². The van der Waals surface area contributed by atoms with Gasteiger partial charge in [-0.1, -0.05) is 42.0 Å². The zero-order valence-electron chi connectivity index (χ0n) is 15.2. The molecule has 0 aliphatic heterocycles. The molecule has 2 aromatic carbocycles. The Morgan fingerprint density at radius 2 is 1.63 bits per heavy atom. The number of hydrogen-bond donors (Lipinski definition) is 2. The Morgan fingerprint density at radius 1 is 0.889 bits per heavy atom. The van der Waals surface area contributed by atoms with Crippen LogP contribution >= 0.6 is 0 Å². The summed E-state index contributed by atoms with van der Waals surface area (Å²) in [6.45, 7) is 4.22. The second-order valence-corrected chi connectivity index (χ2v) is 6.21. The highest BCUT2D eigenvalue weighted by molar-refractivity contribution is 6.08. The van der Waals surface area contributed by atoms with E-state index in [1.165, 1.54) is 12.4 Å². The zero-order chi connectivity index (χ0) is 19.2. The molecule has 6 nitrogen and oxygen atoms in total. The summed E-state index contributed by atoms with van der Waals surface area (Å²) in [5, 5.41) is 5.61. The van der Waals surface area contributed by atoms with Crippen molar-refractivity contribution in [2.24, 2.45) is 0 Å². The quantitative estimate of drug-likeness (QED) is 0.731. The van der Waals surface area contributed by atoms with Gasteiger partial charge in [0.25, 0.3) is 11.8 Å². The fraction of sp³-hybridized carbons (Fsp3) is 0.143. The van der Waals surface area contributed by atoms with Gasteiger partial charge in [0, 0.05) is 12.7 Å². The third kappa shape index (κ3) is 4.76. The molecule has 136 valence electrons. The van der Waals surface area contributed by atoms with E-state index in [-0.39, 0.29) is 11.6 Å². The lowest BCUT2D eigenvalue weighted by Crippen LogP contribution is -2.25. The Balaban J connectivity index is 1.70. The minimum Gasteiger partial charge on any atom is -0.348 e. The van der Waals surface area contributed by atoms with E-state index in [0.717, 1.165) is 16.8 Å². The van der Waals surface area contributed by atoms with E-state index in [1.807, 2.05) is 31.2 Å². The van der Waals surface area contributed by atoms with E-state index in [0.29, 0.717) is 17.8 Å². The van der Waals surface area contributed by atoms with Crippen LogP contribution in [0.5, 0.6) is 0 Å². The first-order valence-corrected chi connectivity index (χ1v) is 8.56. The molecule has 3 aromatic rings. The highest BCUT2D eigenvalue weighted by atomic mass is 16.2. The summed E-state index contributed by atoms with van der Waals surface area (Å²) in [7, 11) is 0. The highest BCUT2D eigenvalue weighted by Gasteiger charge is 2.14. The first kappa shape index (κ1) is 18.3. The number of para-hydroxylation sites is 1. The number of rotatable bonds is 5. The molecule has 2 amide bonds. The van der Waals surface area contributed by atoms with Gasteiger partial charge in [0.1, 0.15) is 5.69 Å². The first-order valence-electron chi connectivity index (χ1n) is 8.56. The maximum absolute atomic E-state index is 12.6. The monoisotopic (exact) mass is 360 g/mol. The molecule has 6 heteroatoms. The molecule has 1 aromatic heterocycles. The Labute approximate surface area is 157 Å². The minimum atomic E-state index is -0.415. The molecule has 2 N–H and O–H groups in total. The summed E-state index contributed by atoms with van der Waals surface area (Å²) < 4.78 is 0. The molecule has 0 radical (unpaired) electrons. The number of carbonyl (C=O) groups is 2. The van der Waals surface area contributed by atoms with Gasteiger partial charge in [-0.25, -0.2) is 4.98 Å². The lowest BCUT2D eigenvalue weighted by molar-refractivity contribution is 0.0952. The van der Waals surface area contributed by atoms with Crippen LogP contribution in [0.1, 0.15) is 37.7 Å². The van der Waals surface area contributed by atoms with Gasteiger partial charge in [-0.2, -0.15) is 0 Å². The van der Waals surface area contributed by atoms with E-state index in [4.69, 9.17) is 0 Å². The van der Waals surface area contributed by atoms with Crippen molar-refractivity contribution in [1.82, 2.24) is 15.3 Å². The average molecular weight is 360 g/mol. The molecule has 0 bridgehead atoms. The van der Waals surface area contributed by atoms with Crippen LogP contribution in [0, 0.1) is 13.8 Å². The molecule has 0 unspecified atom stereocenters. The third-order valence-electron chi connectivity index (χ3n) is 4.01. The molecule has 0 saturated heterocycles. The predicted octanol–water partition coefficient (Wildman–Crippen LogP) is 3.28. The minimum absolute atomic E-state index is 0.190. The number of aryl methyl sites for hydroxylation is 2. The van der Waals surface area contributed by atoms with Crippen molar-refractivity contribution in [2.45, 2.75) is 20.4 Å². The van der Waals surface area contributed by atoms with Gasteiger partial charge < -0.3 is 10.6 Å². The van der Waals surface area contributed by atoms with E-state index >= 15 is 0 Å². The molecule has 0 aliphatic rings. The summed E-state index contributed by atoms with van der Waals surface area (Å²) in [4.78, 5) is 33.1. The molecule has 0 aliphatic carbocycles. The summed E-state index contributed by atoms with van der Waals surface area (Å²) in [6, 6.07) is 14.8. The number of aromatic nitrogens is 2. The maximum Gasteiger partial charge on any atom is 0.275 e. The van der Waals surface area contributed by atoms with Crippen molar-refractivity contribution in [1.29, 1.82) is 0 Å². The van der Waals surface area contributed by atoms with Crippen LogP contribution in [0.4, 0.5) is 5.69 Å². The fourth-order valence-electron chi connectivity index (χ4n) is 2.47. The highest BCUT2D eigenvalue weighted by Crippen LogP contribution is 2.16. The summed E-state index contributed by atoms with van der Waals surface area (Å²) >= 11 is 0. The van der Waals surface area contributed by atoms with E-state index in [9.17, 15) is 9.59 Å². The second-order valence-electron chi connectivity index (χ2n) is 6.21. The first-order chi connectivity index (χ1) is 13.0. The van der Waals surface area contributed by atoms with Crippen molar-refractivity contribution < 1.29 is 9.59 Å². The molecular formula is C21H20N4O2. The molecule has 27 heavy (non-hydrogen) atoms. The van der Waals surface area contributed by atoms with Crippen molar-refractivity contribution in [3.05, 3.63) is 89.0 Å². The molecule has 3 rings (SSSR count).